The van der Waals surface area contributed by atoms with Crippen molar-refractivity contribution in [1.82, 2.24) is 14.7 Å². The minimum absolute atomic E-state index is 0.0569. The molecule has 0 saturated carbocycles. The third-order valence-electron chi connectivity index (χ3n) is 2.93. The SMILES string of the molecule is Cc1cc(C(=O)N(C)C(C)(C)CN)n(C)n1. The predicted molar refractivity (Wildman–Crippen MR) is 63.2 cm³/mol. The van der Waals surface area contributed by atoms with Crippen LogP contribution in [0.4, 0.5) is 0 Å². The van der Waals surface area contributed by atoms with E-state index >= 15 is 0 Å². The van der Waals surface area contributed by atoms with Gasteiger partial charge in [-0.3, -0.25) is 9.48 Å². The molecule has 0 fully saturated rings. The molecule has 0 unspecified atom stereocenters. The first-order chi connectivity index (χ1) is 7.29. The van der Waals surface area contributed by atoms with E-state index in [1.165, 1.54) is 0 Å². The zero-order chi connectivity index (χ0) is 12.5. The standard InChI is InChI=1S/C11H20N4O/c1-8-6-9(15(5)13-8)10(16)14(4)11(2,3)7-12/h6H,7,12H2,1-5H3. The van der Waals surface area contributed by atoms with Gasteiger partial charge in [0.15, 0.2) is 0 Å². The normalized spacial score (nSPS) is 11.6. The molecule has 16 heavy (non-hydrogen) atoms. The van der Waals surface area contributed by atoms with Crippen LogP contribution < -0.4 is 5.73 Å². The molecule has 1 rings (SSSR count). The summed E-state index contributed by atoms with van der Waals surface area (Å²) in [6.07, 6.45) is 0. The molecule has 1 aromatic rings. The van der Waals surface area contributed by atoms with E-state index in [2.05, 4.69) is 5.10 Å². The molecule has 5 nitrogen and oxygen atoms in total. The third kappa shape index (κ3) is 2.24. The van der Waals surface area contributed by atoms with Crippen molar-refractivity contribution >= 4 is 5.91 Å². The van der Waals surface area contributed by atoms with Gasteiger partial charge in [0, 0.05) is 26.2 Å². The molecule has 0 aliphatic heterocycles. The first kappa shape index (κ1) is 12.7. The average Bonchev–Trinajstić information content (AvgIpc) is 2.55. The molecule has 1 aromatic heterocycles. The number of hydrogen-bond donors (Lipinski definition) is 1. The van der Waals surface area contributed by atoms with Crippen molar-refractivity contribution in [3.63, 3.8) is 0 Å². The summed E-state index contributed by atoms with van der Waals surface area (Å²) in [4.78, 5) is 13.9. The van der Waals surface area contributed by atoms with E-state index in [1.807, 2.05) is 20.8 Å². The zero-order valence-electron chi connectivity index (χ0n) is 10.6. The van der Waals surface area contributed by atoms with E-state index in [4.69, 9.17) is 5.73 Å². The fraction of sp³-hybridized carbons (Fsp3) is 0.636. The van der Waals surface area contributed by atoms with Crippen LogP contribution in [0.2, 0.25) is 0 Å². The van der Waals surface area contributed by atoms with Crippen LogP contribution in [0.15, 0.2) is 6.07 Å². The lowest BCUT2D eigenvalue weighted by Gasteiger charge is -2.34. The zero-order valence-corrected chi connectivity index (χ0v) is 10.6. The smallest absolute Gasteiger partial charge is 0.272 e. The van der Waals surface area contributed by atoms with Crippen molar-refractivity contribution in [3.8, 4) is 0 Å². The summed E-state index contributed by atoms with van der Waals surface area (Å²) in [5, 5.41) is 4.16. The number of hydrogen-bond acceptors (Lipinski definition) is 3. The Bertz CT molecular complexity index is 395. The van der Waals surface area contributed by atoms with E-state index in [-0.39, 0.29) is 11.4 Å². The second-order valence-electron chi connectivity index (χ2n) is 4.68. The van der Waals surface area contributed by atoms with Crippen LogP contribution in [-0.2, 0) is 7.05 Å². The summed E-state index contributed by atoms with van der Waals surface area (Å²) < 4.78 is 1.60. The lowest BCUT2D eigenvalue weighted by Crippen LogP contribution is -2.50. The van der Waals surface area contributed by atoms with Crippen LogP contribution in [0.3, 0.4) is 0 Å². The first-order valence-corrected chi connectivity index (χ1v) is 5.28. The van der Waals surface area contributed by atoms with Crippen molar-refractivity contribution in [1.29, 1.82) is 0 Å². The highest BCUT2D eigenvalue weighted by molar-refractivity contribution is 5.93. The maximum atomic E-state index is 12.2. The molecular formula is C11H20N4O. The van der Waals surface area contributed by atoms with Gasteiger partial charge < -0.3 is 10.6 Å². The highest BCUT2D eigenvalue weighted by Crippen LogP contribution is 2.14. The predicted octanol–water partition coefficient (Wildman–Crippen LogP) is 0.538. The average molecular weight is 224 g/mol. The van der Waals surface area contributed by atoms with Gasteiger partial charge >= 0.3 is 0 Å². The molecule has 0 radical (unpaired) electrons. The molecule has 0 atom stereocenters. The Kier molecular flexibility index (Phi) is 3.38. The maximum absolute atomic E-state index is 12.2. The number of nitrogens with two attached hydrogens (primary N) is 1. The summed E-state index contributed by atoms with van der Waals surface area (Å²) >= 11 is 0. The largest absolute Gasteiger partial charge is 0.334 e. The summed E-state index contributed by atoms with van der Waals surface area (Å²) in [6.45, 7) is 6.17. The lowest BCUT2D eigenvalue weighted by atomic mass is 10.0. The van der Waals surface area contributed by atoms with Crippen LogP contribution in [0, 0.1) is 6.92 Å². The van der Waals surface area contributed by atoms with Gasteiger partial charge in [0.25, 0.3) is 5.91 Å². The molecule has 90 valence electrons. The van der Waals surface area contributed by atoms with Crippen molar-refractivity contribution in [2.24, 2.45) is 12.8 Å². The van der Waals surface area contributed by atoms with Gasteiger partial charge in [0.2, 0.25) is 0 Å². The number of carbonyl (C=O) groups is 1. The number of nitrogens with zero attached hydrogens (tertiary/aromatic N) is 3. The first-order valence-electron chi connectivity index (χ1n) is 5.28. The van der Waals surface area contributed by atoms with Crippen molar-refractivity contribution in [3.05, 3.63) is 17.5 Å². The van der Waals surface area contributed by atoms with Crippen molar-refractivity contribution in [2.75, 3.05) is 13.6 Å². The van der Waals surface area contributed by atoms with Crippen molar-refractivity contribution in [2.45, 2.75) is 26.3 Å². The third-order valence-corrected chi connectivity index (χ3v) is 2.93. The van der Waals surface area contributed by atoms with E-state index in [1.54, 1.807) is 29.7 Å². The topological polar surface area (TPSA) is 64.2 Å². The number of likely N-dealkylation sites (N-methyl/N-ethyl adjacent to an activating group) is 1. The number of rotatable bonds is 3. The molecule has 1 amide bonds. The summed E-state index contributed by atoms with van der Waals surface area (Å²) in [5.41, 5.74) is 6.72. The molecule has 0 spiro atoms. The van der Waals surface area contributed by atoms with E-state index in [0.717, 1.165) is 5.69 Å². The highest BCUT2D eigenvalue weighted by atomic mass is 16.2. The molecule has 1 heterocycles. The van der Waals surface area contributed by atoms with E-state index in [0.29, 0.717) is 12.2 Å². The highest BCUT2D eigenvalue weighted by Gasteiger charge is 2.28. The second-order valence-corrected chi connectivity index (χ2v) is 4.68. The Morgan fingerprint density at radius 3 is 2.56 bits per heavy atom. The van der Waals surface area contributed by atoms with Crippen LogP contribution in [0.25, 0.3) is 0 Å². The second kappa shape index (κ2) is 4.25. The van der Waals surface area contributed by atoms with Crippen LogP contribution in [0.5, 0.6) is 0 Å². The van der Waals surface area contributed by atoms with Crippen LogP contribution in [0.1, 0.15) is 30.0 Å². The molecule has 2 N–H and O–H groups in total. The number of aromatic nitrogens is 2. The summed E-state index contributed by atoms with van der Waals surface area (Å²) in [7, 11) is 3.53. The van der Waals surface area contributed by atoms with Crippen molar-refractivity contribution < 1.29 is 4.79 Å². The lowest BCUT2D eigenvalue weighted by molar-refractivity contribution is 0.0629. The molecule has 0 aromatic carbocycles. The Morgan fingerprint density at radius 1 is 1.62 bits per heavy atom. The van der Waals surface area contributed by atoms with Gasteiger partial charge in [-0.2, -0.15) is 5.10 Å². The van der Waals surface area contributed by atoms with Crippen LogP contribution in [-0.4, -0.2) is 39.7 Å². The van der Waals surface area contributed by atoms with Crippen LogP contribution >= 0.6 is 0 Å². The summed E-state index contributed by atoms with van der Waals surface area (Å²) in [5.74, 6) is -0.0569. The summed E-state index contributed by atoms with van der Waals surface area (Å²) in [6, 6.07) is 1.78. The van der Waals surface area contributed by atoms with Gasteiger partial charge in [0.05, 0.1) is 5.69 Å². The Morgan fingerprint density at radius 2 is 2.19 bits per heavy atom. The molecule has 0 aliphatic rings. The molecule has 0 aliphatic carbocycles. The number of carbonyl (C=O) groups excluding carboxylic acids is 1. The monoisotopic (exact) mass is 224 g/mol. The van der Waals surface area contributed by atoms with Gasteiger partial charge in [-0.25, -0.2) is 0 Å². The Hall–Kier alpha value is -1.36. The van der Waals surface area contributed by atoms with Gasteiger partial charge in [-0.1, -0.05) is 0 Å². The Balaban J connectivity index is 2.99. The molecule has 0 saturated heterocycles. The fourth-order valence-electron chi connectivity index (χ4n) is 1.39. The quantitative estimate of drug-likeness (QED) is 0.815. The fourth-order valence-corrected chi connectivity index (χ4v) is 1.39. The van der Waals surface area contributed by atoms with E-state index in [9.17, 15) is 4.79 Å². The minimum Gasteiger partial charge on any atom is -0.334 e. The maximum Gasteiger partial charge on any atom is 0.272 e. The molecular weight excluding hydrogens is 204 g/mol. The van der Waals surface area contributed by atoms with Gasteiger partial charge in [-0.15, -0.1) is 0 Å². The minimum atomic E-state index is -0.352. The Labute approximate surface area is 96.2 Å². The number of amides is 1. The van der Waals surface area contributed by atoms with E-state index < -0.39 is 0 Å². The van der Waals surface area contributed by atoms with Gasteiger partial charge in [0.1, 0.15) is 5.69 Å². The van der Waals surface area contributed by atoms with Gasteiger partial charge in [-0.05, 0) is 26.8 Å². The molecule has 0 bridgehead atoms. The molecule has 5 heteroatoms. The number of aryl methyl sites for hydroxylation is 2.